The highest BCUT2D eigenvalue weighted by atomic mass is 79.9. The molecule has 2 radical (unpaired) electrons. The van der Waals surface area contributed by atoms with Crippen LogP contribution in [0.4, 0.5) is 0 Å². The smallest absolute Gasteiger partial charge is 0.0840 e. The zero-order valence-corrected chi connectivity index (χ0v) is 6.91. The Kier molecular flexibility index (Phi) is 2.55. The fourth-order valence-electron chi connectivity index (χ4n) is 0.538. The van der Waals surface area contributed by atoms with E-state index in [4.69, 9.17) is 11.6 Å². The Balaban J connectivity index is 3.01. The molecule has 0 N–H and O–H groups in total. The van der Waals surface area contributed by atoms with E-state index in [2.05, 4.69) is 21.3 Å². The standard InChI is InChI=1S/C7H4BrCl/c8-5-6-3-1-2-4-7(6)9/h1-4H. The van der Waals surface area contributed by atoms with E-state index in [0.717, 1.165) is 10.6 Å². The summed E-state index contributed by atoms with van der Waals surface area (Å²) in [7, 11) is 0. The third-order valence-corrected chi connectivity index (χ3v) is 1.73. The van der Waals surface area contributed by atoms with Crippen LogP contribution in [0.5, 0.6) is 0 Å². The van der Waals surface area contributed by atoms with Gasteiger partial charge in [0, 0.05) is 5.02 Å². The van der Waals surface area contributed by atoms with Crippen LogP contribution in [0, 0.1) is 5.33 Å². The summed E-state index contributed by atoms with van der Waals surface area (Å²) in [6, 6.07) is 7.51. The van der Waals surface area contributed by atoms with Crippen molar-refractivity contribution in [3.8, 4) is 0 Å². The molecule has 0 aliphatic rings. The van der Waals surface area contributed by atoms with E-state index < -0.39 is 0 Å². The third-order valence-electron chi connectivity index (χ3n) is 0.976. The van der Waals surface area contributed by atoms with Crippen molar-refractivity contribution in [1.82, 2.24) is 0 Å². The Hall–Kier alpha value is -0.0100. The lowest BCUT2D eigenvalue weighted by molar-refractivity contribution is 1.60. The first kappa shape index (κ1) is 7.10. The van der Waals surface area contributed by atoms with Crippen LogP contribution >= 0.6 is 27.5 Å². The SMILES string of the molecule is Clc1ccccc1[C]Br. The first-order chi connectivity index (χ1) is 4.34. The quantitative estimate of drug-likeness (QED) is 0.658. The maximum absolute atomic E-state index is 5.73. The minimum Gasteiger partial charge on any atom is -0.0840 e. The molecular weight excluding hydrogens is 199 g/mol. The monoisotopic (exact) mass is 202 g/mol. The van der Waals surface area contributed by atoms with Gasteiger partial charge in [0.15, 0.2) is 0 Å². The van der Waals surface area contributed by atoms with Crippen molar-refractivity contribution in [3.63, 3.8) is 0 Å². The molecule has 0 spiro atoms. The molecule has 1 rings (SSSR count). The van der Waals surface area contributed by atoms with E-state index in [9.17, 15) is 0 Å². The van der Waals surface area contributed by atoms with Gasteiger partial charge in [-0.15, -0.1) is 0 Å². The highest BCUT2D eigenvalue weighted by Crippen LogP contribution is 2.18. The Labute approximate surface area is 68.0 Å². The molecule has 0 amide bonds. The average molecular weight is 203 g/mol. The minimum absolute atomic E-state index is 0.717. The first-order valence-electron chi connectivity index (χ1n) is 2.46. The van der Waals surface area contributed by atoms with E-state index in [-0.39, 0.29) is 0 Å². The van der Waals surface area contributed by atoms with Crippen LogP contribution in [0.1, 0.15) is 5.56 Å². The molecule has 0 aliphatic carbocycles. The maximum atomic E-state index is 5.73. The molecule has 0 fully saturated rings. The summed E-state index contributed by atoms with van der Waals surface area (Å²) >= 11 is 8.81. The van der Waals surface area contributed by atoms with Crippen LogP contribution in [-0.2, 0) is 0 Å². The molecule has 0 saturated heterocycles. The van der Waals surface area contributed by atoms with Gasteiger partial charge in [-0.25, -0.2) is 0 Å². The maximum Gasteiger partial charge on any atom is 0.0943 e. The van der Waals surface area contributed by atoms with Gasteiger partial charge in [0.25, 0.3) is 0 Å². The minimum atomic E-state index is 0.717. The average Bonchev–Trinajstić information content (AvgIpc) is 1.89. The lowest BCUT2D eigenvalue weighted by atomic mass is 10.2. The second-order valence-corrected chi connectivity index (χ2v) is 2.38. The highest BCUT2D eigenvalue weighted by molar-refractivity contribution is 9.10. The van der Waals surface area contributed by atoms with Gasteiger partial charge >= 0.3 is 0 Å². The van der Waals surface area contributed by atoms with E-state index in [1.807, 2.05) is 24.3 Å². The van der Waals surface area contributed by atoms with Gasteiger partial charge in [-0.1, -0.05) is 45.7 Å². The van der Waals surface area contributed by atoms with E-state index in [0.29, 0.717) is 0 Å². The van der Waals surface area contributed by atoms with Gasteiger partial charge in [-0.2, -0.15) is 0 Å². The molecular formula is C7H4BrCl. The summed E-state index contributed by atoms with van der Waals surface area (Å²) < 4.78 is 0. The van der Waals surface area contributed by atoms with Crippen molar-refractivity contribution >= 4 is 27.5 Å². The molecule has 0 bridgehead atoms. The van der Waals surface area contributed by atoms with Crippen LogP contribution in [0.2, 0.25) is 5.02 Å². The lowest BCUT2D eigenvalue weighted by Gasteiger charge is -1.94. The Morgan fingerprint density at radius 3 is 2.44 bits per heavy atom. The number of halogens is 2. The molecule has 1 aromatic rings. The van der Waals surface area contributed by atoms with Crippen molar-refractivity contribution in [2.24, 2.45) is 0 Å². The van der Waals surface area contributed by atoms with Crippen molar-refractivity contribution in [2.75, 3.05) is 0 Å². The molecule has 0 nitrogen and oxygen atoms in total. The highest BCUT2D eigenvalue weighted by Gasteiger charge is 1.94. The van der Waals surface area contributed by atoms with Crippen LogP contribution in [0.15, 0.2) is 24.3 Å². The van der Waals surface area contributed by atoms with Crippen molar-refractivity contribution in [2.45, 2.75) is 0 Å². The van der Waals surface area contributed by atoms with Crippen molar-refractivity contribution in [3.05, 3.63) is 40.2 Å². The Bertz CT molecular complexity index is 198. The van der Waals surface area contributed by atoms with Crippen molar-refractivity contribution < 1.29 is 0 Å². The zero-order chi connectivity index (χ0) is 6.69. The molecule has 1 aromatic carbocycles. The normalized spacial score (nSPS) is 9.56. The van der Waals surface area contributed by atoms with E-state index >= 15 is 0 Å². The number of hydrogen-bond donors (Lipinski definition) is 0. The molecule has 0 unspecified atom stereocenters. The summed E-state index contributed by atoms with van der Waals surface area (Å²) in [5.41, 5.74) is 0.888. The predicted molar refractivity (Wildman–Crippen MR) is 42.7 cm³/mol. The van der Waals surface area contributed by atoms with Gasteiger partial charge in [0.1, 0.15) is 0 Å². The molecule has 0 atom stereocenters. The van der Waals surface area contributed by atoms with Crippen LogP contribution in [0.3, 0.4) is 0 Å². The second-order valence-electron chi connectivity index (χ2n) is 1.57. The predicted octanol–water partition coefficient (Wildman–Crippen LogP) is 3.12. The summed E-state index contributed by atoms with van der Waals surface area (Å²) in [5.74, 6) is 0. The number of benzene rings is 1. The topological polar surface area (TPSA) is 0 Å². The molecule has 0 aliphatic heterocycles. The third kappa shape index (κ3) is 1.70. The summed E-state index contributed by atoms with van der Waals surface area (Å²) in [6.45, 7) is 0. The summed E-state index contributed by atoms with van der Waals surface area (Å²) in [5, 5.41) is 3.49. The number of rotatable bonds is 1. The van der Waals surface area contributed by atoms with Crippen LogP contribution in [0.25, 0.3) is 0 Å². The Morgan fingerprint density at radius 1 is 1.33 bits per heavy atom. The molecule has 0 saturated carbocycles. The molecule has 9 heavy (non-hydrogen) atoms. The summed E-state index contributed by atoms with van der Waals surface area (Å²) in [4.78, 5) is 0. The summed E-state index contributed by atoms with van der Waals surface area (Å²) in [6.07, 6.45) is 0. The fourth-order valence-corrected chi connectivity index (χ4v) is 1.18. The largest absolute Gasteiger partial charge is 0.0943 e. The first-order valence-corrected chi connectivity index (χ1v) is 3.63. The van der Waals surface area contributed by atoms with Crippen LogP contribution < -0.4 is 0 Å². The zero-order valence-electron chi connectivity index (χ0n) is 4.57. The van der Waals surface area contributed by atoms with Gasteiger partial charge in [0.2, 0.25) is 0 Å². The van der Waals surface area contributed by atoms with Gasteiger partial charge in [-0.05, 0) is 11.6 Å². The lowest BCUT2D eigenvalue weighted by Crippen LogP contribution is -1.73. The second kappa shape index (κ2) is 3.23. The molecule has 2 heteroatoms. The van der Waals surface area contributed by atoms with E-state index in [1.165, 1.54) is 0 Å². The van der Waals surface area contributed by atoms with Crippen molar-refractivity contribution in [1.29, 1.82) is 0 Å². The van der Waals surface area contributed by atoms with E-state index in [1.54, 1.807) is 0 Å². The Morgan fingerprint density at radius 2 is 2.00 bits per heavy atom. The number of hydrogen-bond acceptors (Lipinski definition) is 0. The molecule has 0 aromatic heterocycles. The van der Waals surface area contributed by atoms with Crippen LogP contribution in [-0.4, -0.2) is 0 Å². The fraction of sp³-hybridized carbons (Fsp3) is 0. The van der Waals surface area contributed by atoms with Gasteiger partial charge < -0.3 is 0 Å². The van der Waals surface area contributed by atoms with Gasteiger partial charge in [-0.3, -0.25) is 0 Å². The van der Waals surface area contributed by atoms with Gasteiger partial charge in [0.05, 0.1) is 5.33 Å². The molecule has 0 heterocycles. The molecule has 46 valence electrons.